The van der Waals surface area contributed by atoms with Crippen molar-refractivity contribution in [3.05, 3.63) is 117 Å². The SMILES string of the molecule is CC(C)(C)OC(=O)N1C[C@@H](P(c2cc(C(C)(C)C)cc(C(C)(C)C)c2)c2cc(C(C)(C)C)cc(C(C)(C)C)c2)C[C@H]1CP(c1cc(C(C)(C)C)cc(C(C)(C)C)c1)c1cc(C(C)(C)C)cc(C(C)(C)C)c1. The molecule has 0 N–H and O–H groups in total. The molecule has 2 atom stereocenters. The van der Waals surface area contributed by atoms with Crippen LogP contribution in [0.2, 0.25) is 0 Å². The molecule has 4 aromatic rings. The Balaban J connectivity index is 1.90. The van der Waals surface area contributed by atoms with Crippen molar-refractivity contribution in [1.82, 2.24) is 4.90 Å². The third-order valence-electron chi connectivity index (χ3n) is 14.6. The molecule has 1 heterocycles. The highest BCUT2D eigenvalue weighted by Crippen LogP contribution is 2.51. The van der Waals surface area contributed by atoms with Crippen LogP contribution >= 0.6 is 15.8 Å². The largest absolute Gasteiger partial charge is 0.444 e. The smallest absolute Gasteiger partial charge is 0.410 e. The number of nitrogens with zero attached hydrogens (tertiary/aromatic N) is 1. The maximum absolute atomic E-state index is 15.2. The van der Waals surface area contributed by atoms with Gasteiger partial charge in [0.25, 0.3) is 0 Å². The predicted octanol–water partition coefficient (Wildman–Crippen LogP) is 17.0. The lowest BCUT2D eigenvalue weighted by Gasteiger charge is -2.34. The van der Waals surface area contributed by atoms with Gasteiger partial charge in [-0.15, -0.1) is 0 Å². The Kier molecular flexibility index (Phi) is 16.5. The first kappa shape index (κ1) is 58.9. The molecule has 392 valence electrons. The number of rotatable bonds is 7. The summed E-state index contributed by atoms with van der Waals surface area (Å²) in [6.07, 6.45) is 1.56. The lowest BCUT2D eigenvalue weighted by atomic mass is 9.81. The third kappa shape index (κ3) is 14.9. The Bertz CT molecular complexity index is 2250. The van der Waals surface area contributed by atoms with Crippen molar-refractivity contribution in [1.29, 1.82) is 0 Å². The van der Waals surface area contributed by atoms with E-state index in [4.69, 9.17) is 4.74 Å². The van der Waals surface area contributed by atoms with E-state index in [0.29, 0.717) is 6.54 Å². The molecule has 1 aliphatic heterocycles. The lowest BCUT2D eigenvalue weighted by molar-refractivity contribution is 0.0242. The average molecular weight is 1000 g/mol. The normalized spacial score (nSPS) is 17.2. The van der Waals surface area contributed by atoms with Crippen LogP contribution in [0, 0.1) is 0 Å². The Morgan fingerprint density at radius 1 is 0.408 bits per heavy atom. The molecule has 0 aromatic heterocycles. The van der Waals surface area contributed by atoms with E-state index in [0.717, 1.165) is 12.6 Å². The number of benzene rings is 4. The van der Waals surface area contributed by atoms with Crippen molar-refractivity contribution in [2.75, 3.05) is 12.7 Å². The minimum absolute atomic E-state index is 0.0421. The molecule has 1 saturated heterocycles. The van der Waals surface area contributed by atoms with E-state index in [1.54, 1.807) is 0 Å². The fraction of sp³-hybridized carbons (Fsp3) is 0.621. The zero-order valence-corrected chi connectivity index (χ0v) is 52.2. The van der Waals surface area contributed by atoms with Crippen molar-refractivity contribution in [2.45, 2.75) is 254 Å². The molecule has 5 heteroatoms. The molecule has 0 saturated carbocycles. The first-order valence-electron chi connectivity index (χ1n) is 26.9. The van der Waals surface area contributed by atoms with E-state index in [1.165, 1.54) is 65.7 Å². The van der Waals surface area contributed by atoms with Crippen molar-refractivity contribution in [3.8, 4) is 0 Å². The van der Waals surface area contributed by atoms with Gasteiger partial charge in [-0.1, -0.05) is 239 Å². The van der Waals surface area contributed by atoms with Gasteiger partial charge >= 0.3 is 6.09 Å². The molecule has 1 amide bonds. The van der Waals surface area contributed by atoms with E-state index >= 15 is 4.79 Å². The minimum atomic E-state index is -0.975. The molecule has 71 heavy (non-hydrogen) atoms. The zero-order valence-electron chi connectivity index (χ0n) is 50.4. The monoisotopic (exact) mass is 1000 g/mol. The number of hydrogen-bond acceptors (Lipinski definition) is 2. The van der Waals surface area contributed by atoms with Gasteiger partial charge in [0.2, 0.25) is 0 Å². The standard InChI is InChI=1S/C66H101NO2P2/c1-58(2,3)43-28-44(59(4,5)6)33-52(32-43)70(53-34-45(60(7,8)9)29-46(35-53)61(10,11)12)42-51-40-56(41-67(51)57(68)69-66(25,26)27)71(54-36-47(62(13,14)15)30-48(37-54)63(16,17)18)55-38-49(64(19,20)21)31-50(39-55)65(22,23)24/h28-39,51,56H,40-42H2,1-27H3/t51-,56-/m0/s1. The summed E-state index contributed by atoms with van der Waals surface area (Å²) in [5, 5.41) is 5.64. The molecule has 1 aliphatic rings. The summed E-state index contributed by atoms with van der Waals surface area (Å²) >= 11 is 0. The first-order chi connectivity index (χ1) is 31.7. The number of carbonyl (C=O) groups is 1. The van der Waals surface area contributed by atoms with E-state index < -0.39 is 21.4 Å². The number of ether oxygens (including phenoxy) is 1. The van der Waals surface area contributed by atoms with Crippen LogP contribution in [0.3, 0.4) is 0 Å². The first-order valence-corrected chi connectivity index (χ1v) is 29.9. The molecule has 0 spiro atoms. The van der Waals surface area contributed by atoms with Gasteiger partial charge in [0, 0.05) is 18.2 Å². The van der Waals surface area contributed by atoms with Crippen molar-refractivity contribution >= 4 is 43.2 Å². The zero-order chi connectivity index (χ0) is 54.2. The molecule has 4 aromatic carbocycles. The van der Waals surface area contributed by atoms with Crippen LogP contribution in [0.4, 0.5) is 4.79 Å². The van der Waals surface area contributed by atoms with Crippen LogP contribution in [-0.2, 0) is 48.1 Å². The van der Waals surface area contributed by atoms with Crippen LogP contribution in [0.15, 0.2) is 72.8 Å². The summed E-state index contributed by atoms with van der Waals surface area (Å²) in [4.78, 5) is 17.4. The van der Waals surface area contributed by atoms with Gasteiger partial charge < -0.3 is 9.64 Å². The van der Waals surface area contributed by atoms with E-state index in [1.807, 2.05) is 20.8 Å². The highest BCUT2D eigenvalue weighted by Gasteiger charge is 2.44. The van der Waals surface area contributed by atoms with Crippen LogP contribution in [0.1, 0.15) is 238 Å². The average Bonchev–Trinajstić information content (AvgIpc) is 3.59. The maximum atomic E-state index is 15.2. The summed E-state index contributed by atoms with van der Waals surface area (Å²) in [6, 6.07) is 30.2. The molecular formula is C66H101NO2P2. The molecule has 1 fully saturated rings. The lowest BCUT2D eigenvalue weighted by Crippen LogP contribution is -2.42. The molecule has 0 radical (unpaired) electrons. The third-order valence-corrected chi connectivity index (χ3v) is 19.8. The van der Waals surface area contributed by atoms with Gasteiger partial charge in [-0.2, -0.15) is 0 Å². The maximum Gasteiger partial charge on any atom is 0.410 e. The number of likely N-dealkylation sites (tertiary alicyclic amines) is 1. The van der Waals surface area contributed by atoms with Crippen molar-refractivity contribution in [2.24, 2.45) is 0 Å². The summed E-state index contributed by atoms with van der Waals surface area (Å²) in [5.74, 6) is 0. The highest BCUT2D eigenvalue weighted by atomic mass is 31.1. The topological polar surface area (TPSA) is 29.5 Å². The number of carbonyl (C=O) groups excluding carboxylic acids is 1. The summed E-state index contributed by atoms with van der Waals surface area (Å²) in [6.45, 7) is 63.2. The van der Waals surface area contributed by atoms with Crippen LogP contribution in [0.5, 0.6) is 0 Å². The van der Waals surface area contributed by atoms with Crippen LogP contribution in [0.25, 0.3) is 0 Å². The van der Waals surface area contributed by atoms with Crippen LogP contribution in [-0.4, -0.2) is 41.0 Å². The summed E-state index contributed by atoms with van der Waals surface area (Å²) in [5.41, 5.74) is 10.2. The van der Waals surface area contributed by atoms with Gasteiger partial charge in [-0.25, -0.2) is 4.79 Å². The quantitative estimate of drug-likeness (QED) is 0.173. The molecule has 5 rings (SSSR count). The van der Waals surface area contributed by atoms with E-state index in [-0.39, 0.29) is 61.1 Å². The Morgan fingerprint density at radius 2 is 0.648 bits per heavy atom. The summed E-state index contributed by atoms with van der Waals surface area (Å²) in [7, 11) is -1.95. The number of amides is 1. The molecule has 3 nitrogen and oxygen atoms in total. The van der Waals surface area contributed by atoms with Gasteiger partial charge in [0.15, 0.2) is 0 Å². The highest BCUT2D eigenvalue weighted by molar-refractivity contribution is 7.74. The second-order valence-corrected chi connectivity index (χ2v) is 35.5. The van der Waals surface area contributed by atoms with Gasteiger partial charge in [-0.3, -0.25) is 0 Å². The fourth-order valence-corrected chi connectivity index (χ4v) is 15.2. The molecular weight excluding hydrogens is 901 g/mol. The van der Waals surface area contributed by atoms with Crippen LogP contribution < -0.4 is 21.2 Å². The van der Waals surface area contributed by atoms with E-state index in [9.17, 15) is 0 Å². The van der Waals surface area contributed by atoms with Gasteiger partial charge in [0.1, 0.15) is 5.60 Å². The van der Waals surface area contributed by atoms with Crippen molar-refractivity contribution in [3.63, 3.8) is 0 Å². The second-order valence-electron chi connectivity index (χ2n) is 30.7. The van der Waals surface area contributed by atoms with Gasteiger partial charge in [-0.05, 0) is 158 Å². The van der Waals surface area contributed by atoms with Crippen molar-refractivity contribution < 1.29 is 9.53 Å². The Morgan fingerprint density at radius 3 is 0.873 bits per heavy atom. The fourth-order valence-electron chi connectivity index (χ4n) is 9.44. The Hall–Kier alpha value is -2.99. The van der Waals surface area contributed by atoms with E-state index in [2.05, 4.69) is 244 Å². The number of hydrogen-bond donors (Lipinski definition) is 0. The summed E-state index contributed by atoms with van der Waals surface area (Å²) < 4.78 is 6.50. The van der Waals surface area contributed by atoms with Gasteiger partial charge in [0.05, 0.1) is 0 Å². The Labute approximate surface area is 439 Å². The molecule has 0 aliphatic carbocycles. The minimum Gasteiger partial charge on any atom is -0.444 e. The molecule has 0 bridgehead atoms. The molecule has 0 unspecified atom stereocenters. The predicted molar refractivity (Wildman–Crippen MR) is 318 cm³/mol. The second kappa shape index (κ2) is 19.9.